The lowest BCUT2D eigenvalue weighted by Gasteiger charge is -2.08. The summed E-state index contributed by atoms with van der Waals surface area (Å²) in [7, 11) is 1.34. The highest BCUT2D eigenvalue weighted by molar-refractivity contribution is 6.30. The average molecular weight is 306 g/mol. The zero-order chi connectivity index (χ0) is 14.8. The standard InChI is InChI=1S/C14H12ClN3O3/c1-20-14(19)10-4-9-5-11(15)2-3-13(9)21-8-12-6-16-17-18(12)7-10/h2-6H,7-8H2,1H3/b10-4+. The molecule has 108 valence electrons. The Kier molecular flexibility index (Phi) is 3.62. The molecule has 2 heterocycles. The first-order valence-electron chi connectivity index (χ1n) is 6.26. The van der Waals surface area contributed by atoms with E-state index in [2.05, 4.69) is 10.3 Å². The summed E-state index contributed by atoms with van der Waals surface area (Å²) in [5, 5.41) is 8.37. The van der Waals surface area contributed by atoms with Crippen molar-refractivity contribution >= 4 is 23.6 Å². The quantitative estimate of drug-likeness (QED) is 0.755. The van der Waals surface area contributed by atoms with Crippen LogP contribution in [0.25, 0.3) is 6.08 Å². The number of fused-ring (bicyclic) bond motifs is 2. The van der Waals surface area contributed by atoms with Crippen LogP contribution in [0.2, 0.25) is 5.02 Å². The van der Waals surface area contributed by atoms with Crippen molar-refractivity contribution < 1.29 is 14.3 Å². The number of methoxy groups -OCH3 is 1. The first-order valence-corrected chi connectivity index (χ1v) is 6.64. The highest BCUT2D eigenvalue weighted by Gasteiger charge is 2.17. The molecule has 0 atom stereocenters. The molecule has 21 heavy (non-hydrogen) atoms. The minimum absolute atomic E-state index is 0.261. The summed E-state index contributed by atoms with van der Waals surface area (Å²) >= 11 is 6.01. The van der Waals surface area contributed by atoms with E-state index in [9.17, 15) is 4.79 Å². The largest absolute Gasteiger partial charge is 0.487 e. The molecular formula is C14H12ClN3O3. The molecule has 0 N–H and O–H groups in total. The van der Waals surface area contributed by atoms with E-state index in [-0.39, 0.29) is 6.54 Å². The second-order valence-corrected chi connectivity index (χ2v) is 4.95. The maximum absolute atomic E-state index is 11.9. The molecule has 7 heteroatoms. The maximum Gasteiger partial charge on any atom is 0.335 e. The lowest BCUT2D eigenvalue weighted by molar-refractivity contribution is -0.136. The zero-order valence-electron chi connectivity index (χ0n) is 11.2. The summed E-state index contributed by atoms with van der Waals surface area (Å²) < 4.78 is 12.2. The van der Waals surface area contributed by atoms with Gasteiger partial charge in [0.1, 0.15) is 12.4 Å². The third-order valence-electron chi connectivity index (χ3n) is 3.14. The molecule has 0 fully saturated rings. The first kappa shape index (κ1) is 13.6. The third-order valence-corrected chi connectivity index (χ3v) is 3.38. The molecule has 1 aliphatic heterocycles. The van der Waals surface area contributed by atoms with Crippen molar-refractivity contribution in [1.82, 2.24) is 15.0 Å². The molecule has 3 rings (SSSR count). The van der Waals surface area contributed by atoms with E-state index in [1.165, 1.54) is 7.11 Å². The van der Waals surface area contributed by atoms with Gasteiger partial charge in [0, 0.05) is 10.6 Å². The van der Waals surface area contributed by atoms with E-state index < -0.39 is 5.97 Å². The molecule has 1 aliphatic rings. The number of rotatable bonds is 1. The minimum Gasteiger partial charge on any atom is -0.487 e. The summed E-state index contributed by atoms with van der Waals surface area (Å²) in [4.78, 5) is 11.9. The topological polar surface area (TPSA) is 66.2 Å². The van der Waals surface area contributed by atoms with Crippen LogP contribution in [-0.4, -0.2) is 28.1 Å². The number of nitrogens with zero attached hydrogens (tertiary/aromatic N) is 3. The molecule has 1 aromatic carbocycles. The van der Waals surface area contributed by atoms with Gasteiger partial charge in [-0.2, -0.15) is 0 Å². The van der Waals surface area contributed by atoms with Crippen molar-refractivity contribution in [2.24, 2.45) is 0 Å². The Morgan fingerprint density at radius 3 is 3.14 bits per heavy atom. The number of aromatic nitrogens is 3. The van der Waals surface area contributed by atoms with E-state index in [0.29, 0.717) is 23.0 Å². The first-order chi connectivity index (χ1) is 10.2. The summed E-state index contributed by atoms with van der Waals surface area (Å²) in [5.41, 5.74) is 1.94. The van der Waals surface area contributed by atoms with Crippen LogP contribution >= 0.6 is 11.6 Å². The molecule has 0 bridgehead atoms. The number of benzene rings is 1. The number of hydrogen-bond acceptors (Lipinski definition) is 5. The molecule has 0 aliphatic carbocycles. The summed E-state index contributed by atoms with van der Waals surface area (Å²) in [6, 6.07) is 5.24. The SMILES string of the molecule is COC(=O)/C1=C/c2cc(Cl)ccc2OCc2cnnn2C1. The van der Waals surface area contributed by atoms with E-state index in [4.69, 9.17) is 21.1 Å². The number of carbonyl (C=O) groups is 1. The van der Waals surface area contributed by atoms with E-state index in [0.717, 1.165) is 11.3 Å². The molecule has 6 nitrogen and oxygen atoms in total. The number of carbonyl (C=O) groups excluding carboxylic acids is 1. The van der Waals surface area contributed by atoms with Crippen molar-refractivity contribution in [3.05, 3.63) is 46.2 Å². The minimum atomic E-state index is -0.427. The average Bonchev–Trinajstić information content (AvgIpc) is 2.93. The predicted octanol–water partition coefficient (Wildman–Crippen LogP) is 2.08. The van der Waals surface area contributed by atoms with Gasteiger partial charge in [0.25, 0.3) is 0 Å². The lowest BCUT2D eigenvalue weighted by Crippen LogP contribution is -2.14. The van der Waals surface area contributed by atoms with Crippen molar-refractivity contribution in [3.8, 4) is 5.75 Å². The van der Waals surface area contributed by atoms with Gasteiger partial charge in [0.15, 0.2) is 0 Å². The number of hydrogen-bond donors (Lipinski definition) is 0. The summed E-state index contributed by atoms with van der Waals surface area (Å²) in [5.74, 6) is 0.208. The number of ether oxygens (including phenoxy) is 2. The fraction of sp³-hybridized carbons (Fsp3) is 0.214. The normalized spacial score (nSPS) is 16.2. The Hall–Kier alpha value is -2.34. The van der Waals surface area contributed by atoms with Crippen LogP contribution in [0.5, 0.6) is 5.75 Å². The Bertz CT molecular complexity index is 724. The van der Waals surface area contributed by atoms with E-state index >= 15 is 0 Å². The lowest BCUT2D eigenvalue weighted by atomic mass is 10.1. The van der Waals surface area contributed by atoms with Gasteiger partial charge in [-0.1, -0.05) is 16.8 Å². The van der Waals surface area contributed by atoms with Crippen molar-refractivity contribution in [2.75, 3.05) is 7.11 Å². The zero-order valence-corrected chi connectivity index (χ0v) is 12.0. The highest BCUT2D eigenvalue weighted by atomic mass is 35.5. The van der Waals surface area contributed by atoms with Gasteiger partial charge in [0.2, 0.25) is 0 Å². The molecule has 0 unspecified atom stereocenters. The molecule has 0 saturated carbocycles. The summed E-state index contributed by atoms with van der Waals surface area (Å²) in [6.07, 6.45) is 3.31. The van der Waals surface area contributed by atoms with E-state index in [1.54, 1.807) is 35.2 Å². The number of esters is 1. The Balaban J connectivity index is 2.12. The van der Waals surface area contributed by atoms with Gasteiger partial charge in [-0.3, -0.25) is 0 Å². The highest BCUT2D eigenvalue weighted by Crippen LogP contribution is 2.27. The van der Waals surface area contributed by atoms with Gasteiger partial charge >= 0.3 is 5.97 Å². The van der Waals surface area contributed by atoms with Crippen LogP contribution in [0, 0.1) is 0 Å². The molecule has 0 amide bonds. The molecular weight excluding hydrogens is 294 g/mol. The molecule has 1 aromatic heterocycles. The van der Waals surface area contributed by atoms with Gasteiger partial charge in [-0.15, -0.1) is 5.10 Å². The Labute approximate surface area is 125 Å². The molecule has 2 aromatic rings. The second-order valence-electron chi connectivity index (χ2n) is 4.51. The van der Waals surface area contributed by atoms with Gasteiger partial charge < -0.3 is 9.47 Å². The van der Waals surface area contributed by atoms with Gasteiger partial charge in [-0.05, 0) is 24.3 Å². The summed E-state index contributed by atoms with van der Waals surface area (Å²) in [6.45, 7) is 0.571. The monoisotopic (exact) mass is 305 g/mol. The fourth-order valence-electron chi connectivity index (χ4n) is 2.09. The molecule has 0 saturated heterocycles. The van der Waals surface area contributed by atoms with Gasteiger partial charge in [0.05, 0.1) is 31.1 Å². The van der Waals surface area contributed by atoms with Crippen LogP contribution in [0.4, 0.5) is 0 Å². The third kappa shape index (κ3) is 2.75. The van der Waals surface area contributed by atoms with Crippen LogP contribution in [-0.2, 0) is 22.7 Å². The molecule has 0 spiro atoms. The van der Waals surface area contributed by atoms with E-state index in [1.807, 2.05) is 0 Å². The molecule has 0 radical (unpaired) electrons. The Morgan fingerprint density at radius 1 is 1.48 bits per heavy atom. The van der Waals surface area contributed by atoms with Crippen molar-refractivity contribution in [1.29, 1.82) is 0 Å². The maximum atomic E-state index is 11.9. The second kappa shape index (κ2) is 5.57. The smallest absolute Gasteiger partial charge is 0.335 e. The van der Waals surface area contributed by atoms with Crippen molar-refractivity contribution in [2.45, 2.75) is 13.2 Å². The number of halogens is 1. The predicted molar refractivity (Wildman–Crippen MR) is 75.8 cm³/mol. The van der Waals surface area contributed by atoms with Crippen LogP contribution in [0.15, 0.2) is 30.0 Å². The fourth-order valence-corrected chi connectivity index (χ4v) is 2.27. The van der Waals surface area contributed by atoms with Gasteiger partial charge in [-0.25, -0.2) is 9.48 Å². The van der Waals surface area contributed by atoms with Crippen LogP contribution < -0.4 is 4.74 Å². The van der Waals surface area contributed by atoms with Crippen LogP contribution in [0.3, 0.4) is 0 Å². The Morgan fingerprint density at radius 2 is 2.33 bits per heavy atom. The van der Waals surface area contributed by atoms with Crippen molar-refractivity contribution in [3.63, 3.8) is 0 Å². The van der Waals surface area contributed by atoms with Crippen LogP contribution in [0.1, 0.15) is 11.3 Å².